The smallest absolute Gasteiger partial charge is 0.247 e. The van der Waals surface area contributed by atoms with Crippen molar-refractivity contribution in [3.63, 3.8) is 0 Å². The molecule has 0 spiro atoms. The first-order valence-corrected chi connectivity index (χ1v) is 7.25. The van der Waals surface area contributed by atoms with Gasteiger partial charge in [0.05, 0.1) is 0 Å². The zero-order valence-corrected chi connectivity index (χ0v) is 12.6. The third-order valence-electron chi connectivity index (χ3n) is 2.88. The Morgan fingerprint density at radius 2 is 1.90 bits per heavy atom. The van der Waals surface area contributed by atoms with Crippen LogP contribution in [0.3, 0.4) is 0 Å². The van der Waals surface area contributed by atoms with Crippen LogP contribution in [0.2, 0.25) is 0 Å². The summed E-state index contributed by atoms with van der Waals surface area (Å²) in [6.45, 7) is 6.05. The van der Waals surface area contributed by atoms with Gasteiger partial charge in [0, 0.05) is 5.92 Å². The highest BCUT2D eigenvalue weighted by Gasteiger charge is 2.18. The molecule has 2 aromatic rings. The van der Waals surface area contributed by atoms with Crippen molar-refractivity contribution in [3.05, 3.63) is 40.4 Å². The van der Waals surface area contributed by atoms with Crippen molar-refractivity contribution >= 4 is 22.4 Å². The average Bonchev–Trinajstić information content (AvgIpc) is 2.87. The third kappa shape index (κ3) is 3.40. The van der Waals surface area contributed by atoms with Crippen molar-refractivity contribution < 1.29 is 4.79 Å². The van der Waals surface area contributed by atoms with E-state index in [1.165, 1.54) is 11.3 Å². The lowest BCUT2D eigenvalue weighted by atomic mass is 10.1. The Kier molecular flexibility index (Phi) is 4.46. The monoisotopic (exact) mass is 290 g/mol. The van der Waals surface area contributed by atoms with Gasteiger partial charge in [-0.1, -0.05) is 55.0 Å². The first-order valence-electron chi connectivity index (χ1n) is 6.44. The summed E-state index contributed by atoms with van der Waals surface area (Å²) < 4.78 is 0. The first-order chi connectivity index (χ1) is 9.47. The van der Waals surface area contributed by atoms with E-state index < -0.39 is 6.04 Å². The number of amides is 1. The molecule has 0 aliphatic rings. The molecule has 0 fully saturated rings. The van der Waals surface area contributed by atoms with Crippen LogP contribution in [0, 0.1) is 6.92 Å². The van der Waals surface area contributed by atoms with Gasteiger partial charge >= 0.3 is 0 Å². The Hall–Kier alpha value is -1.79. The van der Waals surface area contributed by atoms with Crippen molar-refractivity contribution in [2.75, 3.05) is 5.32 Å². The van der Waals surface area contributed by atoms with E-state index in [1.54, 1.807) is 0 Å². The van der Waals surface area contributed by atoms with Crippen LogP contribution in [0.4, 0.5) is 5.13 Å². The fourth-order valence-corrected chi connectivity index (χ4v) is 2.38. The highest BCUT2D eigenvalue weighted by Crippen LogP contribution is 2.23. The highest BCUT2D eigenvalue weighted by molar-refractivity contribution is 7.15. The van der Waals surface area contributed by atoms with Gasteiger partial charge in [-0.05, 0) is 12.5 Å². The Morgan fingerprint density at radius 3 is 2.45 bits per heavy atom. The number of hydrogen-bond donors (Lipinski definition) is 2. The maximum absolute atomic E-state index is 12.1. The van der Waals surface area contributed by atoms with Crippen LogP contribution < -0.4 is 11.1 Å². The number of hydrogen-bond acceptors (Lipinski definition) is 5. The zero-order valence-electron chi connectivity index (χ0n) is 11.8. The van der Waals surface area contributed by atoms with Crippen LogP contribution in [-0.2, 0) is 4.79 Å². The molecule has 0 aliphatic carbocycles. The number of carbonyl (C=O) groups is 1. The second kappa shape index (κ2) is 6.11. The normalized spacial score (nSPS) is 12.4. The zero-order chi connectivity index (χ0) is 14.7. The van der Waals surface area contributed by atoms with Gasteiger partial charge in [0.25, 0.3) is 0 Å². The fourth-order valence-electron chi connectivity index (χ4n) is 1.63. The van der Waals surface area contributed by atoms with E-state index in [9.17, 15) is 4.79 Å². The Morgan fingerprint density at radius 1 is 1.25 bits per heavy atom. The van der Waals surface area contributed by atoms with E-state index in [4.69, 9.17) is 5.73 Å². The molecule has 1 aromatic carbocycles. The minimum atomic E-state index is -0.706. The topological polar surface area (TPSA) is 80.9 Å². The fraction of sp³-hybridized carbons (Fsp3) is 0.357. The molecule has 106 valence electrons. The summed E-state index contributed by atoms with van der Waals surface area (Å²) >= 11 is 1.37. The molecule has 1 heterocycles. The minimum Gasteiger partial charge on any atom is -0.316 e. The van der Waals surface area contributed by atoms with Crippen LogP contribution in [0.15, 0.2) is 24.3 Å². The number of rotatable bonds is 4. The molecule has 6 heteroatoms. The highest BCUT2D eigenvalue weighted by atomic mass is 32.1. The molecule has 3 N–H and O–H groups in total. The summed E-state index contributed by atoms with van der Waals surface area (Å²) in [5.74, 6) is 0.0178. The predicted molar refractivity (Wildman–Crippen MR) is 80.7 cm³/mol. The molecular formula is C14H18N4OS. The standard InChI is InChI=1S/C14H18N4OS/c1-8(2)13-17-18-14(20-13)16-12(19)11(15)10-6-4-9(3)5-7-10/h4-8,11H,15H2,1-3H3,(H,16,18,19). The number of benzene rings is 1. The molecule has 1 amide bonds. The van der Waals surface area contributed by atoms with Crippen LogP contribution in [0.25, 0.3) is 0 Å². The van der Waals surface area contributed by atoms with Gasteiger partial charge in [-0.25, -0.2) is 0 Å². The van der Waals surface area contributed by atoms with Crippen LogP contribution in [0.5, 0.6) is 0 Å². The van der Waals surface area contributed by atoms with Crippen molar-refractivity contribution in [2.45, 2.75) is 32.7 Å². The number of anilines is 1. The van der Waals surface area contributed by atoms with Gasteiger partial charge in [0.2, 0.25) is 11.0 Å². The molecule has 20 heavy (non-hydrogen) atoms. The molecular weight excluding hydrogens is 272 g/mol. The lowest BCUT2D eigenvalue weighted by Crippen LogP contribution is -2.27. The second-order valence-electron chi connectivity index (χ2n) is 4.98. The lowest BCUT2D eigenvalue weighted by molar-refractivity contribution is -0.117. The van der Waals surface area contributed by atoms with Crippen LogP contribution in [-0.4, -0.2) is 16.1 Å². The van der Waals surface area contributed by atoms with Crippen molar-refractivity contribution in [1.29, 1.82) is 0 Å². The molecule has 0 bridgehead atoms. The molecule has 0 saturated heterocycles. The number of aryl methyl sites for hydroxylation is 1. The SMILES string of the molecule is Cc1ccc(C(N)C(=O)Nc2nnc(C(C)C)s2)cc1. The van der Waals surface area contributed by atoms with Crippen molar-refractivity contribution in [3.8, 4) is 0 Å². The molecule has 2 rings (SSSR count). The van der Waals surface area contributed by atoms with Gasteiger partial charge in [-0.3, -0.25) is 10.1 Å². The number of aromatic nitrogens is 2. The largest absolute Gasteiger partial charge is 0.316 e. The van der Waals surface area contributed by atoms with E-state index >= 15 is 0 Å². The quantitative estimate of drug-likeness (QED) is 0.907. The van der Waals surface area contributed by atoms with E-state index in [0.717, 1.165) is 16.1 Å². The predicted octanol–water partition coefficient (Wildman–Crippen LogP) is 2.61. The summed E-state index contributed by atoms with van der Waals surface area (Å²) in [6.07, 6.45) is 0. The summed E-state index contributed by atoms with van der Waals surface area (Å²) in [4.78, 5) is 12.1. The summed E-state index contributed by atoms with van der Waals surface area (Å²) in [7, 11) is 0. The number of nitrogens with one attached hydrogen (secondary N) is 1. The Labute approximate surface area is 122 Å². The van der Waals surface area contributed by atoms with E-state index in [-0.39, 0.29) is 5.91 Å². The lowest BCUT2D eigenvalue weighted by Gasteiger charge is -2.11. The van der Waals surface area contributed by atoms with Crippen LogP contribution >= 0.6 is 11.3 Å². The van der Waals surface area contributed by atoms with Gasteiger partial charge in [0.1, 0.15) is 11.0 Å². The first kappa shape index (κ1) is 14.6. The molecule has 1 aromatic heterocycles. The maximum Gasteiger partial charge on any atom is 0.247 e. The molecule has 1 unspecified atom stereocenters. The summed E-state index contributed by atoms with van der Waals surface area (Å²) in [5, 5.41) is 12.1. The van der Waals surface area contributed by atoms with Crippen molar-refractivity contribution in [2.24, 2.45) is 5.73 Å². The summed E-state index contributed by atoms with van der Waals surface area (Å²) in [6, 6.07) is 6.88. The molecule has 1 atom stereocenters. The second-order valence-corrected chi connectivity index (χ2v) is 5.99. The number of nitrogens with zero attached hydrogens (tertiary/aromatic N) is 2. The Bertz CT molecular complexity index is 591. The van der Waals surface area contributed by atoms with Gasteiger partial charge in [0.15, 0.2) is 0 Å². The van der Waals surface area contributed by atoms with E-state index in [0.29, 0.717) is 11.0 Å². The molecule has 5 nitrogen and oxygen atoms in total. The van der Waals surface area contributed by atoms with Gasteiger partial charge in [-0.2, -0.15) is 0 Å². The molecule has 0 aliphatic heterocycles. The summed E-state index contributed by atoms with van der Waals surface area (Å²) in [5.41, 5.74) is 7.86. The van der Waals surface area contributed by atoms with Crippen molar-refractivity contribution in [1.82, 2.24) is 10.2 Å². The van der Waals surface area contributed by atoms with E-state index in [2.05, 4.69) is 15.5 Å². The average molecular weight is 290 g/mol. The Balaban J connectivity index is 2.05. The third-order valence-corrected chi connectivity index (χ3v) is 4.02. The van der Waals surface area contributed by atoms with E-state index in [1.807, 2.05) is 45.0 Å². The van der Waals surface area contributed by atoms with Gasteiger partial charge < -0.3 is 5.73 Å². The molecule has 0 radical (unpaired) electrons. The minimum absolute atomic E-state index is 0.277. The maximum atomic E-state index is 12.1. The molecule has 0 saturated carbocycles. The number of carbonyl (C=O) groups excluding carboxylic acids is 1. The van der Waals surface area contributed by atoms with Gasteiger partial charge in [-0.15, -0.1) is 10.2 Å². The van der Waals surface area contributed by atoms with Crippen LogP contribution in [0.1, 0.15) is 41.9 Å². The number of nitrogens with two attached hydrogens (primary N) is 1.